The molecule has 2 aromatic carbocycles. The molecular formula is C24H25FN4O3. The molecule has 2 aromatic rings. The molecule has 1 saturated heterocycles. The lowest BCUT2D eigenvalue weighted by Gasteiger charge is -2.18. The Morgan fingerprint density at radius 2 is 2.12 bits per heavy atom. The van der Waals surface area contributed by atoms with Crippen LogP contribution in [0.5, 0.6) is 0 Å². The molecule has 4 rings (SSSR count). The van der Waals surface area contributed by atoms with Gasteiger partial charge < -0.3 is 20.3 Å². The molecule has 166 valence electrons. The fraction of sp³-hybridized carbons (Fsp3) is 0.375. The number of rotatable bonds is 5. The highest BCUT2D eigenvalue weighted by Gasteiger charge is 2.25. The Morgan fingerprint density at radius 3 is 2.91 bits per heavy atom. The van der Waals surface area contributed by atoms with Crippen LogP contribution in [0.4, 0.5) is 4.39 Å². The van der Waals surface area contributed by atoms with E-state index in [4.69, 9.17) is 4.74 Å². The van der Waals surface area contributed by atoms with Gasteiger partial charge in [-0.3, -0.25) is 9.59 Å². The molecular weight excluding hydrogens is 411 g/mol. The van der Waals surface area contributed by atoms with E-state index < -0.39 is 18.0 Å². The van der Waals surface area contributed by atoms with Crippen molar-refractivity contribution in [1.82, 2.24) is 15.5 Å². The third-order valence-corrected chi connectivity index (χ3v) is 5.82. The molecule has 1 unspecified atom stereocenters. The van der Waals surface area contributed by atoms with Crippen LogP contribution in [0.3, 0.4) is 0 Å². The topological polar surface area (TPSA) is 94.5 Å². The van der Waals surface area contributed by atoms with Gasteiger partial charge in [0.15, 0.2) is 0 Å². The van der Waals surface area contributed by atoms with E-state index in [1.54, 1.807) is 30.1 Å². The maximum absolute atomic E-state index is 14.9. The maximum Gasteiger partial charge on any atom is 0.254 e. The quantitative estimate of drug-likeness (QED) is 0.748. The normalized spacial score (nSPS) is 19.1. The number of nitrogens with zero attached hydrogens (tertiary/aromatic N) is 2. The van der Waals surface area contributed by atoms with Gasteiger partial charge in [-0.2, -0.15) is 5.26 Å². The minimum absolute atomic E-state index is 0.0422. The van der Waals surface area contributed by atoms with Gasteiger partial charge in [-0.05, 0) is 47.4 Å². The van der Waals surface area contributed by atoms with Crippen LogP contribution in [0.25, 0.3) is 11.1 Å². The minimum atomic E-state index is -0.872. The molecule has 2 atom stereocenters. The Bertz CT molecular complexity index is 1070. The number of hydrogen-bond donors (Lipinski definition) is 2. The van der Waals surface area contributed by atoms with Crippen molar-refractivity contribution >= 4 is 11.8 Å². The van der Waals surface area contributed by atoms with Gasteiger partial charge in [0.05, 0.1) is 6.07 Å². The van der Waals surface area contributed by atoms with Crippen LogP contribution in [-0.2, 0) is 22.5 Å². The fourth-order valence-electron chi connectivity index (χ4n) is 4.02. The van der Waals surface area contributed by atoms with Crippen LogP contribution in [-0.4, -0.2) is 55.6 Å². The summed E-state index contributed by atoms with van der Waals surface area (Å²) in [5, 5.41) is 15.2. The first kappa shape index (κ1) is 21.9. The Morgan fingerprint density at radius 1 is 1.34 bits per heavy atom. The number of hydrogen-bond acceptors (Lipinski definition) is 5. The highest BCUT2D eigenvalue weighted by atomic mass is 19.1. The highest BCUT2D eigenvalue weighted by Crippen LogP contribution is 2.29. The van der Waals surface area contributed by atoms with Gasteiger partial charge in [0.1, 0.15) is 18.0 Å². The van der Waals surface area contributed by atoms with Gasteiger partial charge in [-0.1, -0.05) is 24.3 Å². The summed E-state index contributed by atoms with van der Waals surface area (Å²) in [7, 11) is 1.75. The second kappa shape index (κ2) is 9.47. The van der Waals surface area contributed by atoms with E-state index in [1.807, 2.05) is 18.2 Å². The highest BCUT2D eigenvalue weighted by molar-refractivity contribution is 5.99. The summed E-state index contributed by atoms with van der Waals surface area (Å²) in [5.41, 5.74) is 3.32. The molecule has 2 N–H and O–H groups in total. The summed E-state index contributed by atoms with van der Waals surface area (Å²) in [5.74, 6) is -0.886. The average Bonchev–Trinajstić information content (AvgIpc) is 2.97. The van der Waals surface area contributed by atoms with Gasteiger partial charge in [0, 0.05) is 38.7 Å². The Labute approximate surface area is 186 Å². The van der Waals surface area contributed by atoms with Crippen molar-refractivity contribution < 1.29 is 18.7 Å². The summed E-state index contributed by atoms with van der Waals surface area (Å²) < 4.78 is 20.4. The summed E-state index contributed by atoms with van der Waals surface area (Å²) in [6.45, 7) is 2.21. The van der Waals surface area contributed by atoms with Gasteiger partial charge in [0.2, 0.25) is 0 Å². The molecule has 7 nitrogen and oxygen atoms in total. The van der Waals surface area contributed by atoms with Gasteiger partial charge in [-0.25, -0.2) is 4.39 Å². The van der Waals surface area contributed by atoms with Crippen LogP contribution in [0.2, 0.25) is 0 Å². The number of carbonyl (C=O) groups is 2. The van der Waals surface area contributed by atoms with E-state index >= 15 is 0 Å². The number of amides is 2. The molecule has 0 saturated carbocycles. The predicted octanol–water partition coefficient (Wildman–Crippen LogP) is 2.01. The molecule has 0 aromatic heterocycles. The zero-order valence-electron chi connectivity index (χ0n) is 17.9. The number of nitriles is 1. The first-order valence-electron chi connectivity index (χ1n) is 10.7. The van der Waals surface area contributed by atoms with E-state index in [-0.39, 0.29) is 18.2 Å². The average molecular weight is 436 g/mol. The Kier molecular flexibility index (Phi) is 6.49. The number of carbonyl (C=O) groups excluding carboxylic acids is 2. The molecule has 2 amide bonds. The molecule has 2 aliphatic rings. The van der Waals surface area contributed by atoms with Crippen molar-refractivity contribution in [3.05, 3.63) is 58.9 Å². The fourth-order valence-corrected chi connectivity index (χ4v) is 4.02. The predicted molar refractivity (Wildman–Crippen MR) is 116 cm³/mol. The van der Waals surface area contributed by atoms with Crippen LogP contribution in [0.15, 0.2) is 36.4 Å². The SMILES string of the molecule is CN1Cc2ccc(-c3ccc(CC(C#N)NC(=O)[C@@H]4CNCCCO4)c(F)c3)cc2C1=O. The lowest BCUT2D eigenvalue weighted by molar-refractivity contribution is -0.132. The zero-order valence-corrected chi connectivity index (χ0v) is 17.9. The lowest BCUT2D eigenvalue weighted by atomic mass is 9.97. The number of halogens is 1. The van der Waals surface area contributed by atoms with Crippen LogP contribution in [0, 0.1) is 17.1 Å². The molecule has 2 aliphatic heterocycles. The smallest absolute Gasteiger partial charge is 0.254 e. The van der Waals surface area contributed by atoms with Gasteiger partial charge >= 0.3 is 0 Å². The largest absolute Gasteiger partial charge is 0.367 e. The van der Waals surface area contributed by atoms with Crippen molar-refractivity contribution in [2.45, 2.75) is 31.5 Å². The van der Waals surface area contributed by atoms with Gasteiger partial charge in [0.25, 0.3) is 11.8 Å². The van der Waals surface area contributed by atoms with Crippen molar-refractivity contribution in [3.63, 3.8) is 0 Å². The van der Waals surface area contributed by atoms with Crippen molar-refractivity contribution in [2.75, 3.05) is 26.7 Å². The van der Waals surface area contributed by atoms with E-state index in [0.29, 0.717) is 36.4 Å². The van der Waals surface area contributed by atoms with Gasteiger partial charge in [-0.15, -0.1) is 0 Å². The van der Waals surface area contributed by atoms with E-state index in [2.05, 4.69) is 10.6 Å². The third-order valence-electron chi connectivity index (χ3n) is 5.82. The van der Waals surface area contributed by atoms with Crippen LogP contribution >= 0.6 is 0 Å². The second-order valence-corrected chi connectivity index (χ2v) is 8.15. The lowest BCUT2D eigenvalue weighted by Crippen LogP contribution is -2.46. The molecule has 0 radical (unpaired) electrons. The molecule has 0 aliphatic carbocycles. The molecule has 8 heteroatoms. The number of ether oxygens (including phenoxy) is 1. The van der Waals surface area contributed by atoms with Crippen LogP contribution < -0.4 is 10.6 Å². The van der Waals surface area contributed by atoms with E-state index in [1.165, 1.54) is 6.07 Å². The Balaban J connectivity index is 1.46. The first-order valence-corrected chi connectivity index (χ1v) is 10.7. The molecule has 1 fully saturated rings. The summed E-state index contributed by atoms with van der Waals surface area (Å²) in [4.78, 5) is 26.3. The van der Waals surface area contributed by atoms with Crippen molar-refractivity contribution in [3.8, 4) is 17.2 Å². The Hall–Kier alpha value is -3.28. The number of benzene rings is 2. The number of nitrogens with one attached hydrogen (secondary N) is 2. The number of fused-ring (bicyclic) bond motifs is 1. The van der Waals surface area contributed by atoms with E-state index in [0.717, 1.165) is 24.1 Å². The second-order valence-electron chi connectivity index (χ2n) is 8.15. The zero-order chi connectivity index (χ0) is 22.7. The first-order chi connectivity index (χ1) is 15.5. The van der Waals surface area contributed by atoms with Crippen LogP contribution in [0.1, 0.15) is 27.9 Å². The van der Waals surface area contributed by atoms with Crippen molar-refractivity contribution in [1.29, 1.82) is 5.26 Å². The molecule has 32 heavy (non-hydrogen) atoms. The standard InChI is InChI=1S/C24H25FN4O3/c1-29-14-18-6-4-15(10-20(18)24(29)31)16-3-5-17(21(25)11-16)9-19(12-26)28-23(30)22-13-27-7-2-8-32-22/h3-6,10-11,19,22,27H,2,7-9,13-14H2,1H3,(H,28,30)/t19?,22-/m0/s1. The maximum atomic E-state index is 14.9. The summed E-state index contributed by atoms with van der Waals surface area (Å²) in [6, 6.07) is 11.5. The molecule has 0 bridgehead atoms. The third kappa shape index (κ3) is 4.64. The molecule has 2 heterocycles. The van der Waals surface area contributed by atoms with Crippen molar-refractivity contribution in [2.24, 2.45) is 0 Å². The monoisotopic (exact) mass is 436 g/mol. The minimum Gasteiger partial charge on any atom is -0.367 e. The summed E-state index contributed by atoms with van der Waals surface area (Å²) >= 11 is 0. The molecule has 0 spiro atoms. The summed E-state index contributed by atoms with van der Waals surface area (Å²) in [6.07, 6.45) is 0.196. The van der Waals surface area contributed by atoms with E-state index in [9.17, 15) is 19.2 Å².